The summed E-state index contributed by atoms with van der Waals surface area (Å²) in [5, 5.41) is 0.981. The minimum Gasteiger partial charge on any atom is -0.497 e. The van der Waals surface area contributed by atoms with Crippen molar-refractivity contribution < 1.29 is 9.47 Å². The van der Waals surface area contributed by atoms with E-state index in [1.54, 1.807) is 20.4 Å². The third kappa shape index (κ3) is 4.22. The van der Waals surface area contributed by atoms with Crippen LogP contribution in [0.15, 0.2) is 60.0 Å². The van der Waals surface area contributed by atoms with Crippen LogP contribution in [0.4, 0.5) is 11.6 Å². The predicted molar refractivity (Wildman–Crippen MR) is 134 cm³/mol. The quantitative estimate of drug-likeness (QED) is 0.360. The molecule has 1 aliphatic rings. The first-order chi connectivity index (χ1) is 16.5. The molecule has 2 aromatic carbocycles. The second kappa shape index (κ2) is 8.97. The summed E-state index contributed by atoms with van der Waals surface area (Å²) in [4.78, 5) is 20.1. The monoisotopic (exact) mass is 454 g/mol. The first-order valence-electron chi connectivity index (χ1n) is 11.1. The predicted octanol–water partition coefficient (Wildman–Crippen LogP) is 4.42. The van der Waals surface area contributed by atoms with E-state index >= 15 is 0 Å². The second-order valence-electron chi connectivity index (χ2n) is 8.29. The number of rotatable bonds is 4. The minimum absolute atomic E-state index is 0.487. The molecule has 0 fully saturated rings. The summed E-state index contributed by atoms with van der Waals surface area (Å²) in [5.41, 5.74) is 10.7. The lowest BCUT2D eigenvalue weighted by Gasteiger charge is -2.22. The number of anilines is 1. The van der Waals surface area contributed by atoms with Crippen LogP contribution in [0, 0.1) is 6.92 Å². The molecular weight excluding hydrogens is 428 g/mol. The molecule has 172 valence electrons. The average molecular weight is 455 g/mol. The van der Waals surface area contributed by atoms with Crippen LogP contribution in [0.3, 0.4) is 0 Å². The number of aromatic nitrogens is 3. The van der Waals surface area contributed by atoms with E-state index in [1.807, 2.05) is 37.4 Å². The van der Waals surface area contributed by atoms with E-state index in [1.165, 1.54) is 0 Å². The van der Waals surface area contributed by atoms with Gasteiger partial charge in [-0.1, -0.05) is 6.07 Å². The van der Waals surface area contributed by atoms with Crippen LogP contribution in [0.1, 0.15) is 18.1 Å². The van der Waals surface area contributed by atoms with Crippen molar-refractivity contribution in [3.05, 3.63) is 66.1 Å². The Hall–Kier alpha value is -4.20. The normalized spacial score (nSPS) is 13.9. The highest BCUT2D eigenvalue weighted by atomic mass is 16.5. The van der Waals surface area contributed by atoms with Gasteiger partial charge in [0.15, 0.2) is 5.82 Å². The second-order valence-corrected chi connectivity index (χ2v) is 8.29. The number of benzene rings is 2. The fraction of sp³-hybridized carbons (Fsp3) is 0.231. The summed E-state index contributed by atoms with van der Waals surface area (Å²) in [6, 6.07) is 14.2. The Balaban J connectivity index is 1.49. The number of nitrogens with zero attached hydrogens (tertiary/aromatic N) is 5. The van der Waals surface area contributed by atoms with Crippen LogP contribution in [0.25, 0.3) is 22.0 Å². The number of methoxy groups -OCH3 is 1. The number of pyridine rings is 1. The Labute approximate surface area is 198 Å². The van der Waals surface area contributed by atoms with Gasteiger partial charge in [0.25, 0.3) is 0 Å². The van der Waals surface area contributed by atoms with Gasteiger partial charge in [-0.25, -0.2) is 19.9 Å². The lowest BCUT2D eigenvalue weighted by Crippen LogP contribution is -2.26. The fourth-order valence-electron chi connectivity index (χ4n) is 4.17. The van der Waals surface area contributed by atoms with Crippen molar-refractivity contribution in [2.45, 2.75) is 20.4 Å². The lowest BCUT2D eigenvalue weighted by molar-refractivity contribution is 0.331. The smallest absolute Gasteiger partial charge is 0.156 e. The molecule has 8 heteroatoms. The van der Waals surface area contributed by atoms with Crippen molar-refractivity contribution in [3.8, 4) is 22.6 Å². The summed E-state index contributed by atoms with van der Waals surface area (Å²) in [6.45, 7) is 5.70. The topological polar surface area (TPSA) is 98.8 Å². The summed E-state index contributed by atoms with van der Waals surface area (Å²) < 4.78 is 11.4. The highest BCUT2D eigenvalue weighted by Crippen LogP contribution is 2.33. The zero-order valence-electron chi connectivity index (χ0n) is 19.4. The van der Waals surface area contributed by atoms with Gasteiger partial charge in [0, 0.05) is 35.3 Å². The molecule has 0 aliphatic carbocycles. The van der Waals surface area contributed by atoms with Gasteiger partial charge in [-0.2, -0.15) is 0 Å². The Morgan fingerprint density at radius 3 is 2.76 bits per heavy atom. The van der Waals surface area contributed by atoms with Crippen LogP contribution in [0.5, 0.6) is 11.5 Å². The molecule has 2 aromatic heterocycles. The standard InChI is InChI=1S/C26H26N6O2/c1-16-10-19(13-28-25(16)31-17(2)27)18-4-7-24-20(11-18)14-32(8-9-34-24)26-22-6-5-21(33-3)12-23(22)29-15-30-26/h4-7,10-13,15H,8-9,14H2,1-3H3,(H2,27,28,31). The Kier molecular flexibility index (Phi) is 5.71. The molecule has 0 unspecified atom stereocenters. The van der Waals surface area contributed by atoms with Gasteiger partial charge in [0.05, 0.1) is 25.0 Å². The molecule has 1 aliphatic heterocycles. The maximum Gasteiger partial charge on any atom is 0.156 e. The summed E-state index contributed by atoms with van der Waals surface area (Å²) in [7, 11) is 1.65. The van der Waals surface area contributed by atoms with Crippen molar-refractivity contribution in [1.29, 1.82) is 0 Å². The van der Waals surface area contributed by atoms with Gasteiger partial charge < -0.3 is 20.1 Å². The van der Waals surface area contributed by atoms with Gasteiger partial charge in [-0.05, 0) is 55.3 Å². The Bertz CT molecular complexity index is 1400. The number of nitrogens with two attached hydrogens (primary N) is 1. The van der Waals surface area contributed by atoms with E-state index in [4.69, 9.17) is 15.2 Å². The first kappa shape index (κ1) is 21.6. The fourth-order valence-corrected chi connectivity index (χ4v) is 4.17. The Morgan fingerprint density at radius 1 is 1.09 bits per heavy atom. The minimum atomic E-state index is 0.487. The molecule has 2 N–H and O–H groups in total. The third-order valence-electron chi connectivity index (χ3n) is 5.83. The molecule has 0 spiro atoms. The lowest BCUT2D eigenvalue weighted by atomic mass is 10.0. The Morgan fingerprint density at radius 2 is 1.97 bits per heavy atom. The van der Waals surface area contributed by atoms with E-state index in [9.17, 15) is 0 Å². The average Bonchev–Trinajstić information content (AvgIpc) is 3.06. The van der Waals surface area contributed by atoms with Gasteiger partial charge in [-0.3, -0.25) is 0 Å². The van der Waals surface area contributed by atoms with Crippen LogP contribution in [-0.2, 0) is 6.54 Å². The molecule has 0 radical (unpaired) electrons. The highest BCUT2D eigenvalue weighted by molar-refractivity contribution is 5.90. The maximum absolute atomic E-state index is 6.07. The van der Waals surface area contributed by atoms with Crippen LogP contribution >= 0.6 is 0 Å². The van der Waals surface area contributed by atoms with E-state index in [-0.39, 0.29) is 0 Å². The number of aryl methyl sites for hydroxylation is 1. The molecule has 0 saturated heterocycles. The van der Waals surface area contributed by atoms with Crippen molar-refractivity contribution in [2.75, 3.05) is 25.2 Å². The van der Waals surface area contributed by atoms with Gasteiger partial charge in [-0.15, -0.1) is 0 Å². The van der Waals surface area contributed by atoms with Crippen LogP contribution in [-0.4, -0.2) is 41.0 Å². The van der Waals surface area contributed by atoms with Crippen LogP contribution in [0.2, 0.25) is 0 Å². The number of amidine groups is 1. The van der Waals surface area contributed by atoms with Gasteiger partial charge in [0.1, 0.15) is 30.3 Å². The molecule has 3 heterocycles. The number of hydrogen-bond donors (Lipinski definition) is 1. The molecule has 5 rings (SSSR count). The number of hydrogen-bond acceptors (Lipinski definition) is 7. The molecule has 8 nitrogen and oxygen atoms in total. The third-order valence-corrected chi connectivity index (χ3v) is 5.83. The molecule has 0 saturated carbocycles. The van der Waals surface area contributed by atoms with E-state index in [0.29, 0.717) is 31.3 Å². The van der Waals surface area contributed by atoms with Crippen molar-refractivity contribution in [1.82, 2.24) is 15.0 Å². The van der Waals surface area contributed by atoms with Gasteiger partial charge in [0.2, 0.25) is 0 Å². The van der Waals surface area contributed by atoms with Crippen molar-refractivity contribution in [3.63, 3.8) is 0 Å². The zero-order chi connectivity index (χ0) is 23.7. The van der Waals surface area contributed by atoms with E-state index in [2.05, 4.69) is 43.0 Å². The highest BCUT2D eigenvalue weighted by Gasteiger charge is 2.20. The first-order valence-corrected chi connectivity index (χ1v) is 11.1. The van der Waals surface area contributed by atoms with E-state index in [0.717, 1.165) is 50.5 Å². The molecule has 0 amide bonds. The zero-order valence-corrected chi connectivity index (χ0v) is 19.4. The summed E-state index contributed by atoms with van der Waals surface area (Å²) in [6.07, 6.45) is 3.43. The SMILES string of the molecule is COc1ccc2c(N3CCOc4ccc(-c5cnc(N=C(C)N)c(C)c5)cc4C3)ncnc2c1. The summed E-state index contributed by atoms with van der Waals surface area (Å²) in [5.74, 6) is 3.66. The number of aliphatic imine (C=N–C) groups is 1. The molecule has 34 heavy (non-hydrogen) atoms. The van der Waals surface area contributed by atoms with E-state index < -0.39 is 0 Å². The number of fused-ring (bicyclic) bond motifs is 2. The largest absolute Gasteiger partial charge is 0.497 e. The molecule has 0 atom stereocenters. The summed E-state index contributed by atoms with van der Waals surface area (Å²) >= 11 is 0. The van der Waals surface area contributed by atoms with Gasteiger partial charge >= 0.3 is 0 Å². The van der Waals surface area contributed by atoms with Crippen molar-refractivity contribution in [2.24, 2.45) is 10.7 Å². The molecular formula is C26H26N6O2. The molecule has 4 aromatic rings. The van der Waals surface area contributed by atoms with Crippen LogP contribution < -0.4 is 20.1 Å². The molecule has 0 bridgehead atoms. The maximum atomic E-state index is 6.07. The van der Waals surface area contributed by atoms with Crippen molar-refractivity contribution >= 4 is 28.4 Å². The number of ether oxygens (including phenoxy) is 2.